The zero-order valence-electron chi connectivity index (χ0n) is 17.6. The van der Waals surface area contributed by atoms with Gasteiger partial charge >= 0.3 is 0 Å². The van der Waals surface area contributed by atoms with Crippen LogP contribution in [0.25, 0.3) is 0 Å². The Kier molecular flexibility index (Phi) is 11.2. The molecule has 0 radical (unpaired) electrons. The molecule has 27 heavy (non-hydrogen) atoms. The molecule has 1 aromatic rings. The SMILES string of the molecule is CCCCCC(C)NC(=NCc1cccc(NC(=O)CN(C)C)c1)NCC. The summed E-state index contributed by atoms with van der Waals surface area (Å²) in [6, 6.07) is 8.25. The van der Waals surface area contributed by atoms with Crippen molar-refractivity contribution in [3.05, 3.63) is 29.8 Å². The van der Waals surface area contributed by atoms with Gasteiger partial charge < -0.3 is 20.9 Å². The van der Waals surface area contributed by atoms with Crippen LogP contribution in [0.15, 0.2) is 29.3 Å². The molecule has 0 aromatic heterocycles. The second-order valence-electron chi connectivity index (χ2n) is 7.22. The summed E-state index contributed by atoms with van der Waals surface area (Å²) in [6.07, 6.45) is 4.89. The number of rotatable bonds is 11. The second-order valence-corrected chi connectivity index (χ2v) is 7.22. The monoisotopic (exact) mass is 375 g/mol. The maximum Gasteiger partial charge on any atom is 0.238 e. The van der Waals surface area contributed by atoms with E-state index in [0.29, 0.717) is 19.1 Å². The lowest BCUT2D eigenvalue weighted by Gasteiger charge is -2.17. The molecule has 0 aliphatic heterocycles. The van der Waals surface area contributed by atoms with Crippen molar-refractivity contribution in [2.24, 2.45) is 4.99 Å². The molecular formula is C21H37N5O. The van der Waals surface area contributed by atoms with Gasteiger partial charge in [-0.05, 0) is 52.1 Å². The van der Waals surface area contributed by atoms with Crippen LogP contribution < -0.4 is 16.0 Å². The fourth-order valence-corrected chi connectivity index (χ4v) is 2.73. The van der Waals surface area contributed by atoms with Gasteiger partial charge in [0.25, 0.3) is 0 Å². The number of amides is 1. The Morgan fingerprint density at radius 2 is 2.00 bits per heavy atom. The van der Waals surface area contributed by atoms with Gasteiger partial charge in [0, 0.05) is 18.3 Å². The van der Waals surface area contributed by atoms with Crippen molar-refractivity contribution in [3.63, 3.8) is 0 Å². The first-order valence-corrected chi connectivity index (χ1v) is 10.0. The van der Waals surface area contributed by atoms with E-state index in [4.69, 9.17) is 4.99 Å². The lowest BCUT2D eigenvalue weighted by Crippen LogP contribution is -2.42. The van der Waals surface area contributed by atoms with Crippen LogP contribution in [0.3, 0.4) is 0 Å². The van der Waals surface area contributed by atoms with E-state index in [1.54, 1.807) is 0 Å². The molecule has 1 rings (SSSR count). The van der Waals surface area contributed by atoms with Gasteiger partial charge in [-0.1, -0.05) is 38.3 Å². The quantitative estimate of drug-likeness (QED) is 0.316. The van der Waals surface area contributed by atoms with Crippen LogP contribution in [0, 0.1) is 0 Å². The Bertz CT molecular complexity index is 586. The van der Waals surface area contributed by atoms with E-state index in [9.17, 15) is 4.79 Å². The first kappa shape index (κ1) is 23.0. The summed E-state index contributed by atoms with van der Waals surface area (Å²) in [5.41, 5.74) is 1.87. The summed E-state index contributed by atoms with van der Waals surface area (Å²) in [5, 5.41) is 9.71. The van der Waals surface area contributed by atoms with Gasteiger partial charge in [-0.3, -0.25) is 4.79 Å². The Morgan fingerprint density at radius 3 is 2.67 bits per heavy atom. The minimum Gasteiger partial charge on any atom is -0.357 e. The van der Waals surface area contributed by atoms with E-state index >= 15 is 0 Å². The number of likely N-dealkylation sites (N-methyl/N-ethyl adjacent to an activating group) is 1. The van der Waals surface area contributed by atoms with Crippen molar-refractivity contribution in [3.8, 4) is 0 Å². The summed E-state index contributed by atoms with van der Waals surface area (Å²) in [7, 11) is 3.76. The summed E-state index contributed by atoms with van der Waals surface area (Å²) in [4.78, 5) is 18.5. The van der Waals surface area contributed by atoms with Gasteiger partial charge in [0.1, 0.15) is 0 Å². The molecule has 3 N–H and O–H groups in total. The molecule has 0 bridgehead atoms. The standard InChI is InChI=1S/C21H37N5O/c1-6-8-9-11-17(3)24-21(22-7-2)23-15-18-12-10-13-19(14-18)25-20(27)16-26(4)5/h10,12-14,17H,6-9,11,15-16H2,1-5H3,(H,25,27)(H2,22,23,24). The van der Waals surface area contributed by atoms with Crippen molar-refractivity contribution >= 4 is 17.6 Å². The first-order valence-electron chi connectivity index (χ1n) is 10.0. The van der Waals surface area contributed by atoms with Crippen LogP contribution in [0.4, 0.5) is 5.69 Å². The molecule has 0 saturated carbocycles. The minimum absolute atomic E-state index is 0.0171. The molecule has 0 fully saturated rings. The second kappa shape index (κ2) is 13.1. The Balaban J connectivity index is 2.64. The number of hydrogen-bond donors (Lipinski definition) is 3. The van der Waals surface area contributed by atoms with Gasteiger partial charge in [0.2, 0.25) is 5.91 Å². The molecule has 1 unspecified atom stereocenters. The number of guanidine groups is 1. The number of carbonyl (C=O) groups is 1. The molecule has 1 amide bonds. The number of nitrogens with one attached hydrogen (secondary N) is 3. The maximum absolute atomic E-state index is 11.9. The molecule has 0 saturated heterocycles. The molecule has 6 nitrogen and oxygen atoms in total. The predicted octanol–water partition coefficient (Wildman–Crippen LogP) is 3.21. The van der Waals surface area contributed by atoms with Crippen LogP contribution in [-0.4, -0.2) is 50.0 Å². The number of benzene rings is 1. The summed E-state index contributed by atoms with van der Waals surface area (Å²) < 4.78 is 0. The third-order valence-corrected chi connectivity index (χ3v) is 4.06. The minimum atomic E-state index is -0.0171. The third kappa shape index (κ3) is 10.6. The maximum atomic E-state index is 11.9. The number of anilines is 1. The molecule has 0 spiro atoms. The highest BCUT2D eigenvalue weighted by molar-refractivity contribution is 5.92. The van der Waals surface area contributed by atoms with Crippen LogP contribution in [0.2, 0.25) is 0 Å². The molecule has 0 aliphatic rings. The van der Waals surface area contributed by atoms with E-state index in [0.717, 1.165) is 30.2 Å². The highest BCUT2D eigenvalue weighted by atomic mass is 16.2. The lowest BCUT2D eigenvalue weighted by atomic mass is 10.1. The van der Waals surface area contributed by atoms with Gasteiger partial charge in [-0.25, -0.2) is 4.99 Å². The summed E-state index contributed by atoms with van der Waals surface area (Å²) in [6.45, 7) is 8.25. The molecule has 1 atom stereocenters. The predicted molar refractivity (Wildman–Crippen MR) is 115 cm³/mol. The largest absolute Gasteiger partial charge is 0.357 e. The third-order valence-electron chi connectivity index (χ3n) is 4.06. The average molecular weight is 376 g/mol. The topological polar surface area (TPSA) is 68.8 Å². The zero-order valence-corrected chi connectivity index (χ0v) is 17.6. The van der Waals surface area contributed by atoms with Crippen molar-refractivity contribution in [2.45, 2.75) is 59.0 Å². The molecular weight excluding hydrogens is 338 g/mol. The van der Waals surface area contributed by atoms with Crippen LogP contribution in [0.5, 0.6) is 0 Å². The number of hydrogen-bond acceptors (Lipinski definition) is 3. The molecule has 0 heterocycles. The summed E-state index contributed by atoms with van der Waals surface area (Å²) in [5.74, 6) is 0.820. The Hall–Kier alpha value is -2.08. The van der Waals surface area contributed by atoms with Crippen molar-refractivity contribution < 1.29 is 4.79 Å². The molecule has 6 heteroatoms. The highest BCUT2D eigenvalue weighted by Gasteiger charge is 2.06. The smallest absolute Gasteiger partial charge is 0.238 e. The van der Waals surface area contributed by atoms with Crippen LogP contribution in [0.1, 0.15) is 52.0 Å². The van der Waals surface area contributed by atoms with E-state index in [1.165, 1.54) is 19.3 Å². The molecule has 1 aromatic carbocycles. The van der Waals surface area contributed by atoms with Crippen molar-refractivity contribution in [2.75, 3.05) is 32.5 Å². The first-order chi connectivity index (χ1) is 12.9. The highest BCUT2D eigenvalue weighted by Crippen LogP contribution is 2.12. The zero-order chi connectivity index (χ0) is 20.1. The number of nitrogens with zero attached hydrogens (tertiary/aromatic N) is 2. The van der Waals surface area contributed by atoms with Crippen LogP contribution in [-0.2, 0) is 11.3 Å². The van der Waals surface area contributed by atoms with Gasteiger partial charge in [-0.2, -0.15) is 0 Å². The normalized spacial score (nSPS) is 12.7. The average Bonchev–Trinajstić information content (AvgIpc) is 2.59. The number of aliphatic imine (C=N–C) groups is 1. The number of carbonyl (C=O) groups excluding carboxylic acids is 1. The Labute approximate surface area is 164 Å². The van der Waals surface area contributed by atoms with Gasteiger partial charge in [-0.15, -0.1) is 0 Å². The molecule has 0 aliphatic carbocycles. The van der Waals surface area contributed by atoms with E-state index in [-0.39, 0.29) is 5.91 Å². The van der Waals surface area contributed by atoms with Crippen molar-refractivity contribution in [1.82, 2.24) is 15.5 Å². The van der Waals surface area contributed by atoms with Gasteiger partial charge in [0.15, 0.2) is 5.96 Å². The molecule has 152 valence electrons. The fraction of sp³-hybridized carbons (Fsp3) is 0.619. The van der Waals surface area contributed by atoms with Gasteiger partial charge in [0.05, 0.1) is 13.1 Å². The van der Waals surface area contributed by atoms with Crippen molar-refractivity contribution in [1.29, 1.82) is 0 Å². The van der Waals surface area contributed by atoms with E-state index in [1.807, 2.05) is 43.3 Å². The lowest BCUT2D eigenvalue weighted by molar-refractivity contribution is -0.116. The van der Waals surface area contributed by atoms with E-state index < -0.39 is 0 Å². The Morgan fingerprint density at radius 1 is 1.22 bits per heavy atom. The van der Waals surface area contributed by atoms with E-state index in [2.05, 4.69) is 36.7 Å². The fourth-order valence-electron chi connectivity index (χ4n) is 2.73. The number of unbranched alkanes of at least 4 members (excludes halogenated alkanes) is 2. The summed E-state index contributed by atoms with van der Waals surface area (Å²) >= 11 is 0. The van der Waals surface area contributed by atoms with Crippen LogP contribution >= 0.6 is 0 Å².